The summed E-state index contributed by atoms with van der Waals surface area (Å²) in [6.07, 6.45) is 2.20. The first kappa shape index (κ1) is 21.6. The van der Waals surface area contributed by atoms with Gasteiger partial charge in [-0.15, -0.1) is 0 Å². The lowest BCUT2D eigenvalue weighted by Crippen LogP contribution is -2.43. The van der Waals surface area contributed by atoms with E-state index >= 15 is 0 Å². The molecule has 2 heterocycles. The summed E-state index contributed by atoms with van der Waals surface area (Å²) < 4.78 is 10.6. The topological polar surface area (TPSA) is 115 Å². The molecule has 1 fully saturated rings. The average Bonchev–Trinajstić information content (AvgIpc) is 2.83. The molecule has 0 aliphatic carbocycles. The van der Waals surface area contributed by atoms with E-state index in [2.05, 4.69) is 20.6 Å². The summed E-state index contributed by atoms with van der Waals surface area (Å²) in [5, 5.41) is 19.0. The van der Waals surface area contributed by atoms with E-state index in [4.69, 9.17) is 9.47 Å². The number of nitro benzene ring substituents is 1. The number of aromatic nitrogens is 2. The third kappa shape index (κ3) is 4.50. The second-order valence-corrected chi connectivity index (χ2v) is 7.44. The number of methoxy groups -OCH3 is 2. The minimum atomic E-state index is -0.336. The van der Waals surface area contributed by atoms with Crippen LogP contribution < -0.4 is 25.0 Å². The first-order valence-corrected chi connectivity index (χ1v) is 10.4. The Morgan fingerprint density at radius 1 is 1.12 bits per heavy atom. The smallest absolute Gasteiger partial charge is 0.293 e. The minimum absolute atomic E-state index is 0.0668. The first-order valence-electron chi connectivity index (χ1n) is 10.4. The Hall–Kier alpha value is -3.66. The molecule has 10 heteroatoms. The average molecular weight is 438 g/mol. The zero-order chi connectivity index (χ0) is 22.5. The van der Waals surface area contributed by atoms with Crippen molar-refractivity contribution in [3.63, 3.8) is 0 Å². The van der Waals surface area contributed by atoms with Gasteiger partial charge in [0.05, 0.1) is 24.7 Å². The number of fused-ring (bicyclic) bond motifs is 1. The zero-order valence-corrected chi connectivity index (χ0v) is 18.1. The molecule has 32 heavy (non-hydrogen) atoms. The fraction of sp³-hybridized carbons (Fsp3) is 0.364. The lowest BCUT2D eigenvalue weighted by molar-refractivity contribution is -0.384. The predicted octanol–water partition coefficient (Wildman–Crippen LogP) is 2.62. The van der Waals surface area contributed by atoms with E-state index < -0.39 is 0 Å². The van der Waals surface area contributed by atoms with Gasteiger partial charge in [0, 0.05) is 44.2 Å². The van der Waals surface area contributed by atoms with Crippen LogP contribution in [0.25, 0.3) is 10.9 Å². The Bertz CT molecular complexity index is 1120. The number of piperazine rings is 1. The number of nitro groups is 1. The first-order chi connectivity index (χ1) is 15.6. The van der Waals surface area contributed by atoms with Crippen molar-refractivity contribution < 1.29 is 14.4 Å². The highest BCUT2D eigenvalue weighted by molar-refractivity contribution is 5.94. The zero-order valence-electron chi connectivity index (χ0n) is 18.1. The summed E-state index contributed by atoms with van der Waals surface area (Å²) in [6.45, 7) is 3.61. The molecule has 1 aliphatic rings. The van der Waals surface area contributed by atoms with Crippen LogP contribution in [0.5, 0.6) is 11.5 Å². The van der Waals surface area contributed by atoms with Gasteiger partial charge in [0.15, 0.2) is 11.5 Å². The summed E-state index contributed by atoms with van der Waals surface area (Å²) in [6, 6.07) is 9.15. The van der Waals surface area contributed by atoms with Gasteiger partial charge in [-0.2, -0.15) is 0 Å². The van der Waals surface area contributed by atoms with E-state index in [9.17, 15) is 10.1 Å². The van der Waals surface area contributed by atoms with Crippen molar-refractivity contribution in [1.29, 1.82) is 0 Å². The summed E-state index contributed by atoms with van der Waals surface area (Å²) in [5.74, 6) is 1.93. The van der Waals surface area contributed by atoms with Gasteiger partial charge >= 0.3 is 0 Å². The van der Waals surface area contributed by atoms with E-state index in [1.807, 2.05) is 23.1 Å². The van der Waals surface area contributed by atoms with Crippen LogP contribution in [0, 0.1) is 10.1 Å². The SMILES string of the molecule is COc1ccc(CCNc2ncnc3cc(N4CCNCC4)c([N+](=O)[O-])cc23)cc1OC. The van der Waals surface area contributed by atoms with Crippen molar-refractivity contribution in [2.45, 2.75) is 6.42 Å². The quantitative estimate of drug-likeness (QED) is 0.404. The molecule has 0 amide bonds. The van der Waals surface area contributed by atoms with E-state index in [-0.39, 0.29) is 10.6 Å². The fourth-order valence-corrected chi connectivity index (χ4v) is 3.89. The lowest BCUT2D eigenvalue weighted by Gasteiger charge is -2.29. The van der Waals surface area contributed by atoms with E-state index in [0.29, 0.717) is 60.0 Å². The molecule has 3 aromatic rings. The van der Waals surface area contributed by atoms with Crippen LogP contribution in [-0.4, -0.2) is 61.8 Å². The highest BCUT2D eigenvalue weighted by atomic mass is 16.6. The highest BCUT2D eigenvalue weighted by Crippen LogP contribution is 2.34. The molecule has 0 unspecified atom stereocenters. The molecule has 4 rings (SSSR count). The largest absolute Gasteiger partial charge is 0.493 e. The second-order valence-electron chi connectivity index (χ2n) is 7.44. The minimum Gasteiger partial charge on any atom is -0.493 e. The molecule has 1 saturated heterocycles. The van der Waals surface area contributed by atoms with Crippen LogP contribution in [-0.2, 0) is 6.42 Å². The predicted molar refractivity (Wildman–Crippen MR) is 123 cm³/mol. The second kappa shape index (κ2) is 9.65. The molecule has 1 aliphatic heterocycles. The number of rotatable bonds is 8. The standard InChI is InChI=1S/C22H26N6O4/c1-31-20-4-3-15(11-21(20)32-2)5-6-24-22-16-12-19(28(29)30)18(13-17(16)25-14-26-22)27-9-7-23-8-10-27/h3-4,11-14,23H,5-10H2,1-2H3,(H,24,25,26). The molecule has 0 bridgehead atoms. The van der Waals surface area contributed by atoms with E-state index in [1.165, 1.54) is 6.33 Å². The van der Waals surface area contributed by atoms with Crippen molar-refractivity contribution in [3.8, 4) is 11.5 Å². The monoisotopic (exact) mass is 438 g/mol. The molecule has 0 saturated carbocycles. The number of hydrogen-bond donors (Lipinski definition) is 2. The maximum Gasteiger partial charge on any atom is 0.293 e. The number of ether oxygens (including phenoxy) is 2. The summed E-state index contributed by atoms with van der Waals surface area (Å²) >= 11 is 0. The number of anilines is 2. The van der Waals surface area contributed by atoms with Gasteiger partial charge in [-0.05, 0) is 30.2 Å². The summed E-state index contributed by atoms with van der Waals surface area (Å²) in [5.41, 5.74) is 2.41. The van der Waals surface area contributed by atoms with Crippen LogP contribution in [0.1, 0.15) is 5.56 Å². The van der Waals surface area contributed by atoms with Crippen LogP contribution >= 0.6 is 0 Å². The fourth-order valence-electron chi connectivity index (χ4n) is 3.89. The molecule has 2 N–H and O–H groups in total. The maximum atomic E-state index is 11.8. The van der Waals surface area contributed by atoms with Gasteiger partial charge in [0.1, 0.15) is 17.8 Å². The lowest BCUT2D eigenvalue weighted by atomic mass is 10.1. The molecule has 0 radical (unpaired) electrons. The van der Waals surface area contributed by atoms with Crippen LogP contribution in [0.4, 0.5) is 17.2 Å². The normalized spacial score (nSPS) is 13.8. The summed E-state index contributed by atoms with van der Waals surface area (Å²) in [7, 11) is 3.21. The van der Waals surface area contributed by atoms with Crippen LogP contribution in [0.3, 0.4) is 0 Å². The van der Waals surface area contributed by atoms with Gasteiger partial charge in [-0.3, -0.25) is 10.1 Å². The Morgan fingerprint density at radius 3 is 2.62 bits per heavy atom. The van der Waals surface area contributed by atoms with Gasteiger partial charge in [-0.1, -0.05) is 6.07 Å². The number of benzene rings is 2. The Labute approximate surface area is 185 Å². The Kier molecular flexibility index (Phi) is 6.50. The Balaban J connectivity index is 1.56. The number of hydrogen-bond acceptors (Lipinski definition) is 9. The van der Waals surface area contributed by atoms with Crippen molar-refractivity contribution in [3.05, 3.63) is 52.3 Å². The molecular formula is C22H26N6O4. The Morgan fingerprint density at radius 2 is 1.91 bits per heavy atom. The third-order valence-corrected chi connectivity index (χ3v) is 5.54. The summed E-state index contributed by atoms with van der Waals surface area (Å²) in [4.78, 5) is 22.2. The molecule has 0 atom stereocenters. The molecule has 2 aromatic carbocycles. The van der Waals surface area contributed by atoms with Crippen molar-refractivity contribution >= 4 is 28.1 Å². The van der Waals surface area contributed by atoms with Crippen LogP contribution in [0.15, 0.2) is 36.7 Å². The van der Waals surface area contributed by atoms with Gasteiger partial charge in [0.25, 0.3) is 5.69 Å². The van der Waals surface area contributed by atoms with Crippen molar-refractivity contribution in [2.24, 2.45) is 0 Å². The van der Waals surface area contributed by atoms with Crippen molar-refractivity contribution in [1.82, 2.24) is 15.3 Å². The van der Waals surface area contributed by atoms with Gasteiger partial charge in [-0.25, -0.2) is 9.97 Å². The molecule has 1 aromatic heterocycles. The molecule has 168 valence electrons. The third-order valence-electron chi connectivity index (χ3n) is 5.54. The van der Waals surface area contributed by atoms with Crippen molar-refractivity contribution in [2.75, 3.05) is 57.2 Å². The molecule has 0 spiro atoms. The van der Waals surface area contributed by atoms with E-state index in [1.54, 1.807) is 26.4 Å². The molecular weight excluding hydrogens is 412 g/mol. The van der Waals surface area contributed by atoms with Gasteiger partial charge in [0.2, 0.25) is 0 Å². The van der Waals surface area contributed by atoms with Crippen LogP contribution in [0.2, 0.25) is 0 Å². The maximum absolute atomic E-state index is 11.8. The van der Waals surface area contributed by atoms with E-state index in [0.717, 1.165) is 18.7 Å². The highest BCUT2D eigenvalue weighted by Gasteiger charge is 2.23. The number of nitrogens with zero attached hydrogens (tertiary/aromatic N) is 4. The molecule has 10 nitrogen and oxygen atoms in total. The number of nitrogens with one attached hydrogen (secondary N) is 2. The van der Waals surface area contributed by atoms with Gasteiger partial charge < -0.3 is 25.0 Å².